The van der Waals surface area contributed by atoms with Gasteiger partial charge in [-0.2, -0.15) is 0 Å². The van der Waals surface area contributed by atoms with E-state index in [1.807, 2.05) is 12.1 Å². The molecule has 0 saturated carbocycles. The molecule has 0 aromatic heterocycles. The standard InChI is InChI=1S/C14H21ClN4/c1-9-7-19(8-10(2)18(9)3)13-5-4-11(14(16)17)6-12(13)15/h4-6,9-10H,7-8H2,1-3H3,(H3,16,17). The van der Waals surface area contributed by atoms with Gasteiger partial charge in [0.2, 0.25) is 0 Å². The molecule has 0 spiro atoms. The number of likely N-dealkylation sites (N-methyl/N-ethyl adjacent to an activating group) is 1. The Kier molecular flexibility index (Phi) is 4.02. The highest BCUT2D eigenvalue weighted by Gasteiger charge is 2.27. The van der Waals surface area contributed by atoms with Crippen molar-refractivity contribution in [1.29, 1.82) is 5.41 Å². The SMILES string of the molecule is CC1CN(c2ccc(C(=N)N)cc2Cl)CC(C)N1C. The van der Waals surface area contributed by atoms with Gasteiger partial charge in [-0.05, 0) is 39.1 Å². The molecule has 1 aliphatic heterocycles. The minimum Gasteiger partial charge on any atom is -0.384 e. The summed E-state index contributed by atoms with van der Waals surface area (Å²) in [4.78, 5) is 4.69. The molecule has 0 amide bonds. The third kappa shape index (κ3) is 2.85. The summed E-state index contributed by atoms with van der Waals surface area (Å²) in [7, 11) is 2.16. The van der Waals surface area contributed by atoms with Crippen LogP contribution >= 0.6 is 11.6 Å². The Morgan fingerprint density at radius 1 is 1.32 bits per heavy atom. The molecular weight excluding hydrogens is 260 g/mol. The van der Waals surface area contributed by atoms with Crippen molar-refractivity contribution in [2.24, 2.45) is 5.73 Å². The fraction of sp³-hybridized carbons (Fsp3) is 0.500. The van der Waals surface area contributed by atoms with Crippen molar-refractivity contribution >= 4 is 23.1 Å². The molecule has 1 aliphatic rings. The number of nitrogens with two attached hydrogens (primary N) is 1. The summed E-state index contributed by atoms with van der Waals surface area (Å²) in [6, 6.07) is 6.58. The summed E-state index contributed by atoms with van der Waals surface area (Å²) in [5.74, 6) is 0.0496. The van der Waals surface area contributed by atoms with E-state index in [0.717, 1.165) is 18.8 Å². The minimum atomic E-state index is 0.0496. The molecule has 1 saturated heterocycles. The number of nitrogens with zero attached hydrogens (tertiary/aromatic N) is 2. The summed E-state index contributed by atoms with van der Waals surface area (Å²) < 4.78 is 0. The van der Waals surface area contributed by atoms with E-state index < -0.39 is 0 Å². The minimum absolute atomic E-state index is 0.0496. The van der Waals surface area contributed by atoms with Gasteiger partial charge >= 0.3 is 0 Å². The number of rotatable bonds is 2. The summed E-state index contributed by atoms with van der Waals surface area (Å²) in [5, 5.41) is 8.10. The first kappa shape index (κ1) is 14.2. The van der Waals surface area contributed by atoms with Gasteiger partial charge in [-0.15, -0.1) is 0 Å². The van der Waals surface area contributed by atoms with Crippen LogP contribution in [0.1, 0.15) is 19.4 Å². The summed E-state index contributed by atoms with van der Waals surface area (Å²) >= 11 is 6.33. The molecule has 3 N–H and O–H groups in total. The first-order valence-corrected chi connectivity index (χ1v) is 6.88. The Balaban J connectivity index is 2.25. The molecule has 1 aromatic rings. The number of amidine groups is 1. The monoisotopic (exact) mass is 280 g/mol. The van der Waals surface area contributed by atoms with E-state index in [-0.39, 0.29) is 5.84 Å². The number of hydrogen-bond acceptors (Lipinski definition) is 3. The molecule has 2 unspecified atom stereocenters. The summed E-state index contributed by atoms with van der Waals surface area (Å²) in [6.07, 6.45) is 0. The van der Waals surface area contributed by atoms with E-state index in [2.05, 4.69) is 30.7 Å². The molecular formula is C14H21ClN4. The second-order valence-corrected chi connectivity index (χ2v) is 5.76. The smallest absolute Gasteiger partial charge is 0.122 e. The molecule has 0 aliphatic carbocycles. The van der Waals surface area contributed by atoms with Crippen LogP contribution in [-0.2, 0) is 0 Å². The molecule has 4 nitrogen and oxygen atoms in total. The normalized spacial score (nSPS) is 24.5. The number of nitrogens with one attached hydrogen (secondary N) is 1. The van der Waals surface area contributed by atoms with Gasteiger partial charge in [0, 0.05) is 30.7 Å². The predicted octanol–water partition coefficient (Wildman–Crippen LogP) is 2.15. The number of piperazine rings is 1. The van der Waals surface area contributed by atoms with E-state index in [4.69, 9.17) is 22.7 Å². The topological polar surface area (TPSA) is 56.4 Å². The van der Waals surface area contributed by atoms with Crippen LogP contribution in [-0.4, -0.2) is 43.0 Å². The van der Waals surface area contributed by atoms with Gasteiger partial charge in [0.25, 0.3) is 0 Å². The van der Waals surface area contributed by atoms with Crippen molar-refractivity contribution in [2.45, 2.75) is 25.9 Å². The second-order valence-electron chi connectivity index (χ2n) is 5.35. The maximum Gasteiger partial charge on any atom is 0.122 e. The van der Waals surface area contributed by atoms with Gasteiger partial charge in [0.1, 0.15) is 5.84 Å². The molecule has 2 rings (SSSR count). The van der Waals surface area contributed by atoms with Gasteiger partial charge < -0.3 is 10.6 Å². The van der Waals surface area contributed by atoms with Crippen LogP contribution in [0.25, 0.3) is 0 Å². The van der Waals surface area contributed by atoms with E-state index in [9.17, 15) is 0 Å². The van der Waals surface area contributed by atoms with Gasteiger partial charge in [-0.1, -0.05) is 11.6 Å². The third-order valence-electron chi connectivity index (χ3n) is 3.96. The van der Waals surface area contributed by atoms with Crippen LogP contribution < -0.4 is 10.6 Å². The predicted molar refractivity (Wildman–Crippen MR) is 81.4 cm³/mol. The fourth-order valence-electron chi connectivity index (χ4n) is 2.53. The zero-order valence-electron chi connectivity index (χ0n) is 11.7. The van der Waals surface area contributed by atoms with Gasteiger partial charge in [0.05, 0.1) is 10.7 Å². The van der Waals surface area contributed by atoms with Crippen molar-refractivity contribution in [3.63, 3.8) is 0 Å². The summed E-state index contributed by atoms with van der Waals surface area (Å²) in [6.45, 7) is 6.36. The zero-order valence-corrected chi connectivity index (χ0v) is 12.4. The number of halogens is 1. The van der Waals surface area contributed by atoms with Crippen molar-refractivity contribution in [1.82, 2.24) is 4.90 Å². The largest absolute Gasteiger partial charge is 0.384 e. The van der Waals surface area contributed by atoms with Crippen LogP contribution in [0, 0.1) is 5.41 Å². The van der Waals surface area contributed by atoms with Crippen LogP contribution in [0.2, 0.25) is 5.02 Å². The van der Waals surface area contributed by atoms with Gasteiger partial charge in [-0.3, -0.25) is 10.3 Å². The average molecular weight is 281 g/mol. The molecule has 104 valence electrons. The lowest BCUT2D eigenvalue weighted by molar-refractivity contribution is 0.170. The van der Waals surface area contributed by atoms with Crippen LogP contribution in [0.3, 0.4) is 0 Å². The first-order valence-electron chi connectivity index (χ1n) is 6.51. The number of anilines is 1. The average Bonchev–Trinajstić information content (AvgIpc) is 2.35. The van der Waals surface area contributed by atoms with E-state index >= 15 is 0 Å². The maximum atomic E-state index is 7.44. The Bertz CT molecular complexity index is 476. The highest BCUT2D eigenvalue weighted by Crippen LogP contribution is 2.29. The molecule has 5 heteroatoms. The molecule has 0 radical (unpaired) electrons. The Hall–Kier alpha value is -1.26. The number of nitrogen functional groups attached to an aromatic ring is 1. The second kappa shape index (κ2) is 5.39. The Morgan fingerprint density at radius 2 is 1.89 bits per heavy atom. The fourth-order valence-corrected chi connectivity index (χ4v) is 2.83. The Labute approximate surface area is 119 Å². The van der Waals surface area contributed by atoms with Crippen LogP contribution in [0.4, 0.5) is 5.69 Å². The molecule has 0 bridgehead atoms. The molecule has 1 fully saturated rings. The van der Waals surface area contributed by atoms with Crippen molar-refractivity contribution in [3.8, 4) is 0 Å². The summed E-state index contributed by atoms with van der Waals surface area (Å²) in [5.41, 5.74) is 7.17. The highest BCUT2D eigenvalue weighted by molar-refractivity contribution is 6.33. The quantitative estimate of drug-likeness (QED) is 0.645. The lowest BCUT2D eigenvalue weighted by Crippen LogP contribution is -2.55. The van der Waals surface area contributed by atoms with Crippen molar-refractivity contribution < 1.29 is 0 Å². The van der Waals surface area contributed by atoms with Crippen molar-refractivity contribution in [2.75, 3.05) is 25.0 Å². The lowest BCUT2D eigenvalue weighted by Gasteiger charge is -2.43. The third-order valence-corrected chi connectivity index (χ3v) is 4.26. The van der Waals surface area contributed by atoms with E-state index in [0.29, 0.717) is 22.7 Å². The highest BCUT2D eigenvalue weighted by atomic mass is 35.5. The van der Waals surface area contributed by atoms with Crippen molar-refractivity contribution in [3.05, 3.63) is 28.8 Å². The van der Waals surface area contributed by atoms with Gasteiger partial charge in [-0.25, -0.2) is 0 Å². The molecule has 19 heavy (non-hydrogen) atoms. The first-order chi connectivity index (χ1) is 8.90. The van der Waals surface area contributed by atoms with E-state index in [1.165, 1.54) is 0 Å². The van der Waals surface area contributed by atoms with Crippen LogP contribution in [0.5, 0.6) is 0 Å². The maximum absolute atomic E-state index is 7.44. The Morgan fingerprint density at radius 3 is 2.37 bits per heavy atom. The molecule has 1 heterocycles. The molecule has 1 aromatic carbocycles. The lowest BCUT2D eigenvalue weighted by atomic mass is 10.1. The number of hydrogen-bond donors (Lipinski definition) is 2. The molecule has 2 atom stereocenters. The van der Waals surface area contributed by atoms with Crippen LogP contribution in [0.15, 0.2) is 18.2 Å². The number of benzene rings is 1. The van der Waals surface area contributed by atoms with E-state index in [1.54, 1.807) is 6.07 Å². The van der Waals surface area contributed by atoms with Gasteiger partial charge in [0.15, 0.2) is 0 Å². The zero-order chi connectivity index (χ0) is 14.2.